The van der Waals surface area contributed by atoms with Crippen molar-refractivity contribution in [2.45, 2.75) is 33.8 Å². The number of ketones is 1. The van der Waals surface area contributed by atoms with E-state index in [1.165, 1.54) is 21.0 Å². The third kappa shape index (κ3) is 19.1. The standard InChI is InChI=1S/2C6H5.C5H8O2.C3H9OPS3.Sn/c2*1-2-4-6-5-3-1;1-4(6)3-5(2)7;1-3(2)4-5(6,7)8;/h2*1-5H;3,6H,1-2H3;3H,1-2H3,(H2,6,7,8);/q;;;;+2/p-2/b;;4-3+;;. The zero-order chi connectivity index (χ0) is 21.6. The zero-order valence-electron chi connectivity index (χ0n) is 16.4. The van der Waals surface area contributed by atoms with Gasteiger partial charge < -0.3 is 21.9 Å². The van der Waals surface area contributed by atoms with Gasteiger partial charge in [0.05, 0.1) is 6.10 Å². The second kappa shape index (κ2) is 15.6. The number of hydrogen-bond donors (Lipinski definition) is 1. The van der Waals surface area contributed by atoms with Crippen molar-refractivity contribution in [1.29, 1.82) is 0 Å². The SMILES string of the molecule is CC(=O)/C=C(\C)[O-].CC(C)OP(=S)([S-])S.c1cc[c]([Sn+2][c]2ccccc2)cc1. The van der Waals surface area contributed by atoms with Gasteiger partial charge in [0.25, 0.3) is 0 Å². The molecule has 0 saturated heterocycles. The van der Waals surface area contributed by atoms with Crippen LogP contribution in [0.2, 0.25) is 0 Å². The number of rotatable bonds is 5. The van der Waals surface area contributed by atoms with Crippen molar-refractivity contribution in [3.63, 3.8) is 0 Å². The number of hydrogen-bond acceptors (Lipinski definition) is 5. The van der Waals surface area contributed by atoms with Crippen LogP contribution in [0.15, 0.2) is 72.5 Å². The molecular formula is C20H25O3PS3Sn. The van der Waals surface area contributed by atoms with E-state index in [1.54, 1.807) is 0 Å². The number of allylic oxidation sites excluding steroid dienone is 2. The molecule has 2 aromatic carbocycles. The first-order chi connectivity index (χ1) is 13.0. The van der Waals surface area contributed by atoms with Gasteiger partial charge in [-0.05, 0) is 31.5 Å². The van der Waals surface area contributed by atoms with Gasteiger partial charge in [-0.1, -0.05) is 18.7 Å². The van der Waals surface area contributed by atoms with Gasteiger partial charge in [-0.15, -0.1) is 18.0 Å². The molecule has 28 heavy (non-hydrogen) atoms. The van der Waals surface area contributed by atoms with Gasteiger partial charge in [0, 0.05) is 0 Å². The van der Waals surface area contributed by atoms with Gasteiger partial charge in [0.2, 0.25) is 0 Å². The average molecular weight is 559 g/mol. The maximum absolute atomic E-state index is 9.98. The normalized spacial score (nSPS) is 12.5. The molecule has 0 spiro atoms. The molecule has 3 nitrogen and oxygen atoms in total. The number of thiol groups is 1. The first kappa shape index (κ1) is 27.8. The van der Waals surface area contributed by atoms with E-state index in [0.717, 1.165) is 6.08 Å². The molecule has 0 aliphatic heterocycles. The molecule has 0 radical (unpaired) electrons. The molecule has 0 N–H and O–H groups in total. The van der Waals surface area contributed by atoms with Gasteiger partial charge >= 0.3 is 89.0 Å². The van der Waals surface area contributed by atoms with Crippen LogP contribution in [0.4, 0.5) is 0 Å². The molecule has 0 amide bonds. The fourth-order valence-electron chi connectivity index (χ4n) is 1.76. The van der Waals surface area contributed by atoms with Crippen molar-refractivity contribution < 1.29 is 14.4 Å². The fraction of sp³-hybridized carbons (Fsp3) is 0.250. The zero-order valence-corrected chi connectivity index (χ0v) is 22.6. The summed E-state index contributed by atoms with van der Waals surface area (Å²) in [5.74, 6) is -0.375. The average Bonchev–Trinajstić information content (AvgIpc) is 2.54. The Balaban J connectivity index is 0.000000424. The van der Waals surface area contributed by atoms with E-state index in [0.29, 0.717) is 0 Å². The summed E-state index contributed by atoms with van der Waals surface area (Å²) in [5.41, 5.74) is 0. The van der Waals surface area contributed by atoms with Crippen molar-refractivity contribution in [2.24, 2.45) is 0 Å². The molecule has 0 fully saturated rings. The molecule has 0 aliphatic rings. The molecule has 0 bridgehead atoms. The Morgan fingerprint density at radius 3 is 1.68 bits per heavy atom. The van der Waals surface area contributed by atoms with Gasteiger partial charge in [0.1, 0.15) is 0 Å². The number of carbonyl (C=O) groups is 1. The minimum absolute atomic E-state index is 0.107. The van der Waals surface area contributed by atoms with Crippen molar-refractivity contribution >= 4 is 75.1 Å². The predicted molar refractivity (Wildman–Crippen MR) is 129 cm³/mol. The van der Waals surface area contributed by atoms with Crippen LogP contribution in [0.25, 0.3) is 0 Å². The Bertz CT molecular complexity index is 721. The van der Waals surface area contributed by atoms with E-state index in [2.05, 4.69) is 72.9 Å². The van der Waals surface area contributed by atoms with E-state index >= 15 is 0 Å². The Morgan fingerprint density at radius 1 is 1.11 bits per heavy atom. The summed E-state index contributed by atoms with van der Waals surface area (Å²) in [6.07, 6.45) is 1.16. The second-order valence-corrected chi connectivity index (χ2v) is 18.1. The summed E-state index contributed by atoms with van der Waals surface area (Å²) < 4.78 is 6.01. The minimum atomic E-state index is -2.11. The summed E-state index contributed by atoms with van der Waals surface area (Å²) in [5, 5.41) is 9.98. The third-order valence-corrected chi connectivity index (χ3v) is 7.62. The Kier molecular flexibility index (Phi) is 15.4. The van der Waals surface area contributed by atoms with Crippen LogP contribution in [0.1, 0.15) is 27.7 Å². The summed E-state index contributed by atoms with van der Waals surface area (Å²) in [6.45, 7) is 6.48. The molecule has 0 saturated carbocycles. The van der Waals surface area contributed by atoms with Crippen LogP contribution in [0, 0.1) is 0 Å². The summed E-state index contributed by atoms with van der Waals surface area (Å²) >= 11 is 12.9. The fourth-order valence-corrected chi connectivity index (χ4v) is 6.89. The number of carbonyl (C=O) groups excluding carboxylic acids is 1. The first-order valence-electron chi connectivity index (χ1n) is 8.45. The van der Waals surface area contributed by atoms with E-state index in [-0.39, 0.29) is 17.6 Å². The van der Waals surface area contributed by atoms with Crippen LogP contribution >= 0.6 is 16.9 Å². The molecule has 0 aliphatic carbocycles. The van der Waals surface area contributed by atoms with Gasteiger partial charge in [0.15, 0.2) is 5.78 Å². The summed E-state index contributed by atoms with van der Waals surface area (Å²) in [7, 11) is 0. The molecule has 1 atom stereocenters. The van der Waals surface area contributed by atoms with E-state index in [1.807, 2.05) is 13.8 Å². The van der Waals surface area contributed by atoms with Crippen LogP contribution in [-0.4, -0.2) is 33.0 Å². The van der Waals surface area contributed by atoms with Crippen molar-refractivity contribution in [3.8, 4) is 0 Å². The third-order valence-electron chi connectivity index (χ3n) is 2.59. The molecule has 150 valence electrons. The first-order valence-corrected chi connectivity index (χ1v) is 16.2. The van der Waals surface area contributed by atoms with E-state index < -0.39 is 25.8 Å². The predicted octanol–water partition coefficient (Wildman–Crippen LogP) is 3.29. The van der Waals surface area contributed by atoms with Crippen LogP contribution in [0.3, 0.4) is 0 Å². The molecular weight excluding hydrogens is 534 g/mol. The Labute approximate surface area is 194 Å². The monoisotopic (exact) mass is 560 g/mol. The van der Waals surface area contributed by atoms with Crippen molar-refractivity contribution in [2.75, 3.05) is 0 Å². The van der Waals surface area contributed by atoms with Gasteiger partial charge in [-0.2, -0.15) is 0 Å². The summed E-state index contributed by atoms with van der Waals surface area (Å²) in [6, 6.07) is 21.6. The van der Waals surface area contributed by atoms with Crippen molar-refractivity contribution in [1.82, 2.24) is 0 Å². The topological polar surface area (TPSA) is 49.4 Å². The molecule has 1 unspecified atom stereocenters. The molecule has 2 aromatic rings. The maximum atomic E-state index is 9.98. The van der Waals surface area contributed by atoms with Crippen LogP contribution in [0.5, 0.6) is 0 Å². The van der Waals surface area contributed by atoms with E-state index in [9.17, 15) is 9.90 Å². The molecule has 0 aromatic heterocycles. The molecule has 2 rings (SSSR count). The Hall–Kier alpha value is -0.241. The van der Waals surface area contributed by atoms with Crippen LogP contribution < -0.4 is 12.3 Å². The van der Waals surface area contributed by atoms with Crippen LogP contribution in [-0.2, 0) is 33.4 Å². The van der Waals surface area contributed by atoms with E-state index in [4.69, 9.17) is 28.6 Å². The summed E-state index contributed by atoms with van der Waals surface area (Å²) in [4.78, 5) is 9.98. The van der Waals surface area contributed by atoms with Gasteiger partial charge in [-0.3, -0.25) is 4.79 Å². The number of benzene rings is 2. The second-order valence-electron chi connectivity index (χ2n) is 5.85. The van der Waals surface area contributed by atoms with Crippen molar-refractivity contribution in [3.05, 3.63) is 72.5 Å². The van der Waals surface area contributed by atoms with Gasteiger partial charge in [-0.25, -0.2) is 0 Å². The Morgan fingerprint density at radius 2 is 1.50 bits per heavy atom. The molecule has 8 heteroatoms. The quantitative estimate of drug-likeness (QED) is 0.152. The molecule has 0 heterocycles.